The molecule has 0 spiro atoms. The minimum atomic E-state index is 0.585. The Balaban J connectivity index is 2.31. The van der Waals surface area contributed by atoms with Gasteiger partial charge in [0.05, 0.1) is 11.6 Å². The Bertz CT molecular complexity index is 602. The summed E-state index contributed by atoms with van der Waals surface area (Å²) in [7, 11) is 1.63. The van der Waals surface area contributed by atoms with Gasteiger partial charge in [-0.15, -0.1) is 0 Å². The largest absolute Gasteiger partial charge is 0.497 e. The van der Waals surface area contributed by atoms with Gasteiger partial charge in [0.2, 0.25) is 0 Å². The topological polar surface area (TPSA) is 44.5 Å². The standard InChI is InChI=1S/C15H15Br2NO2/c1-19-12-4-5-14(13(17)9-12)20-15-8-11(16)3-2-10(15)6-7-18/h2-5,8-9H,6-7,18H2,1H3. The van der Waals surface area contributed by atoms with E-state index in [2.05, 4.69) is 31.9 Å². The van der Waals surface area contributed by atoms with Gasteiger partial charge in [0, 0.05) is 4.47 Å². The van der Waals surface area contributed by atoms with Gasteiger partial charge in [0.25, 0.3) is 0 Å². The lowest BCUT2D eigenvalue weighted by Gasteiger charge is -2.13. The summed E-state index contributed by atoms with van der Waals surface area (Å²) >= 11 is 6.95. The highest BCUT2D eigenvalue weighted by atomic mass is 79.9. The van der Waals surface area contributed by atoms with Gasteiger partial charge in [-0.2, -0.15) is 0 Å². The van der Waals surface area contributed by atoms with Gasteiger partial charge in [-0.05, 0) is 64.8 Å². The first-order chi connectivity index (χ1) is 9.63. The summed E-state index contributed by atoms with van der Waals surface area (Å²) in [4.78, 5) is 0. The van der Waals surface area contributed by atoms with E-state index in [1.165, 1.54) is 0 Å². The summed E-state index contributed by atoms with van der Waals surface area (Å²) in [5.74, 6) is 2.32. The van der Waals surface area contributed by atoms with Crippen molar-refractivity contribution in [2.24, 2.45) is 5.73 Å². The van der Waals surface area contributed by atoms with E-state index >= 15 is 0 Å². The number of benzene rings is 2. The highest BCUT2D eigenvalue weighted by molar-refractivity contribution is 9.10. The van der Waals surface area contributed by atoms with Crippen molar-refractivity contribution in [3.8, 4) is 17.2 Å². The predicted octanol–water partition coefficient (Wildman–Crippen LogP) is 4.51. The minimum absolute atomic E-state index is 0.585. The fourth-order valence-electron chi connectivity index (χ4n) is 1.80. The van der Waals surface area contributed by atoms with Gasteiger partial charge < -0.3 is 15.2 Å². The second-order valence-corrected chi connectivity index (χ2v) is 5.96. The molecule has 0 radical (unpaired) electrons. The third-order valence-corrected chi connectivity index (χ3v) is 3.91. The average Bonchev–Trinajstić information content (AvgIpc) is 2.44. The Morgan fingerprint density at radius 1 is 1.05 bits per heavy atom. The molecule has 2 rings (SSSR count). The molecule has 0 atom stereocenters. The molecule has 0 aliphatic carbocycles. The van der Waals surface area contributed by atoms with Crippen LogP contribution in [0.2, 0.25) is 0 Å². The van der Waals surface area contributed by atoms with Gasteiger partial charge in [-0.25, -0.2) is 0 Å². The Morgan fingerprint density at radius 2 is 1.85 bits per heavy atom. The zero-order valence-electron chi connectivity index (χ0n) is 11.0. The third-order valence-electron chi connectivity index (χ3n) is 2.80. The Kier molecular flexibility index (Phi) is 5.46. The first kappa shape index (κ1) is 15.4. The van der Waals surface area contributed by atoms with Crippen LogP contribution in [-0.2, 0) is 6.42 Å². The Morgan fingerprint density at radius 3 is 2.50 bits per heavy atom. The Labute approximate surface area is 135 Å². The molecule has 0 aromatic heterocycles. The van der Waals surface area contributed by atoms with E-state index in [4.69, 9.17) is 15.2 Å². The molecule has 2 aromatic rings. The van der Waals surface area contributed by atoms with Crippen LogP contribution in [0.15, 0.2) is 45.3 Å². The van der Waals surface area contributed by atoms with E-state index in [1.54, 1.807) is 7.11 Å². The van der Waals surface area contributed by atoms with E-state index in [1.807, 2.05) is 36.4 Å². The number of rotatable bonds is 5. The fraction of sp³-hybridized carbons (Fsp3) is 0.200. The van der Waals surface area contributed by atoms with Crippen LogP contribution in [0.3, 0.4) is 0 Å². The van der Waals surface area contributed by atoms with Crippen LogP contribution in [0.5, 0.6) is 17.2 Å². The summed E-state index contributed by atoms with van der Waals surface area (Å²) < 4.78 is 13.0. The number of hydrogen-bond donors (Lipinski definition) is 1. The molecule has 2 N–H and O–H groups in total. The van der Waals surface area contributed by atoms with Gasteiger partial charge in [0.15, 0.2) is 0 Å². The molecule has 3 nitrogen and oxygen atoms in total. The number of hydrogen-bond acceptors (Lipinski definition) is 3. The molecule has 20 heavy (non-hydrogen) atoms. The molecular formula is C15H15Br2NO2. The number of halogens is 2. The van der Waals surface area contributed by atoms with E-state index < -0.39 is 0 Å². The quantitative estimate of drug-likeness (QED) is 0.802. The summed E-state index contributed by atoms with van der Waals surface area (Å²) in [6.45, 7) is 0.585. The molecule has 0 amide bonds. The molecule has 0 saturated carbocycles. The van der Waals surface area contributed by atoms with Crippen molar-refractivity contribution in [2.45, 2.75) is 6.42 Å². The second-order valence-electron chi connectivity index (χ2n) is 4.19. The van der Waals surface area contributed by atoms with Gasteiger partial charge in [-0.3, -0.25) is 0 Å². The SMILES string of the molecule is COc1ccc(Oc2cc(Br)ccc2CCN)c(Br)c1. The molecule has 0 fully saturated rings. The van der Waals surface area contributed by atoms with Crippen LogP contribution in [-0.4, -0.2) is 13.7 Å². The maximum atomic E-state index is 5.99. The molecule has 0 bridgehead atoms. The molecule has 106 valence electrons. The molecule has 0 aliphatic heterocycles. The molecular weight excluding hydrogens is 386 g/mol. The normalized spacial score (nSPS) is 10.4. The maximum absolute atomic E-state index is 5.99. The van der Waals surface area contributed by atoms with Crippen molar-refractivity contribution in [1.29, 1.82) is 0 Å². The van der Waals surface area contributed by atoms with E-state index in [-0.39, 0.29) is 0 Å². The predicted molar refractivity (Wildman–Crippen MR) is 87.7 cm³/mol. The van der Waals surface area contributed by atoms with Gasteiger partial charge in [-0.1, -0.05) is 22.0 Å². The number of nitrogens with two attached hydrogens (primary N) is 1. The van der Waals surface area contributed by atoms with E-state index in [0.29, 0.717) is 6.54 Å². The highest BCUT2D eigenvalue weighted by Gasteiger charge is 2.09. The van der Waals surface area contributed by atoms with Crippen LogP contribution in [0.25, 0.3) is 0 Å². The monoisotopic (exact) mass is 399 g/mol. The van der Waals surface area contributed by atoms with E-state index in [9.17, 15) is 0 Å². The summed E-state index contributed by atoms with van der Waals surface area (Å²) in [6.07, 6.45) is 0.774. The molecule has 2 aromatic carbocycles. The van der Waals surface area contributed by atoms with Crippen LogP contribution in [0, 0.1) is 0 Å². The highest BCUT2D eigenvalue weighted by Crippen LogP contribution is 2.35. The first-order valence-corrected chi connectivity index (χ1v) is 7.72. The first-order valence-electron chi connectivity index (χ1n) is 6.14. The van der Waals surface area contributed by atoms with Crippen molar-refractivity contribution in [3.05, 3.63) is 50.9 Å². The summed E-state index contributed by atoms with van der Waals surface area (Å²) in [5.41, 5.74) is 6.72. The van der Waals surface area contributed by atoms with Crippen molar-refractivity contribution >= 4 is 31.9 Å². The molecule has 0 heterocycles. The second kappa shape index (κ2) is 7.11. The molecule has 0 unspecified atom stereocenters. The average molecular weight is 401 g/mol. The molecule has 5 heteroatoms. The zero-order valence-corrected chi connectivity index (χ0v) is 14.2. The van der Waals surface area contributed by atoms with Crippen LogP contribution in [0.4, 0.5) is 0 Å². The number of ether oxygens (including phenoxy) is 2. The summed E-state index contributed by atoms with van der Waals surface area (Å²) in [6, 6.07) is 11.6. The molecule has 0 aliphatic rings. The van der Waals surface area contributed by atoms with Gasteiger partial charge in [0.1, 0.15) is 17.2 Å². The van der Waals surface area contributed by atoms with Crippen molar-refractivity contribution in [2.75, 3.05) is 13.7 Å². The lowest BCUT2D eigenvalue weighted by atomic mass is 10.1. The maximum Gasteiger partial charge on any atom is 0.141 e. The van der Waals surface area contributed by atoms with Crippen molar-refractivity contribution in [3.63, 3.8) is 0 Å². The lowest BCUT2D eigenvalue weighted by molar-refractivity contribution is 0.412. The van der Waals surface area contributed by atoms with Crippen molar-refractivity contribution in [1.82, 2.24) is 0 Å². The van der Waals surface area contributed by atoms with Crippen LogP contribution in [0.1, 0.15) is 5.56 Å². The van der Waals surface area contributed by atoms with Crippen molar-refractivity contribution < 1.29 is 9.47 Å². The third kappa shape index (κ3) is 3.75. The smallest absolute Gasteiger partial charge is 0.141 e. The lowest BCUT2D eigenvalue weighted by Crippen LogP contribution is -2.04. The van der Waals surface area contributed by atoms with Crippen LogP contribution >= 0.6 is 31.9 Å². The zero-order chi connectivity index (χ0) is 14.5. The van der Waals surface area contributed by atoms with E-state index in [0.717, 1.165) is 38.2 Å². The van der Waals surface area contributed by atoms with Gasteiger partial charge >= 0.3 is 0 Å². The fourth-order valence-corrected chi connectivity index (χ4v) is 2.57. The summed E-state index contributed by atoms with van der Waals surface area (Å²) in [5, 5.41) is 0. The minimum Gasteiger partial charge on any atom is -0.497 e. The van der Waals surface area contributed by atoms with Crippen LogP contribution < -0.4 is 15.2 Å². The Hall–Kier alpha value is -1.04. The molecule has 0 saturated heterocycles. The number of methoxy groups -OCH3 is 1.